The van der Waals surface area contributed by atoms with Crippen molar-refractivity contribution < 1.29 is 0 Å². The summed E-state index contributed by atoms with van der Waals surface area (Å²) in [4.78, 5) is 0. The van der Waals surface area contributed by atoms with Crippen LogP contribution in [0.3, 0.4) is 0 Å². The van der Waals surface area contributed by atoms with Gasteiger partial charge in [-0.1, -0.05) is 61.5 Å². The minimum atomic E-state index is 0.261. The molecule has 19 heavy (non-hydrogen) atoms. The van der Waals surface area contributed by atoms with Crippen LogP contribution in [-0.2, 0) is 0 Å². The molecule has 0 saturated heterocycles. The second kappa shape index (κ2) is 4.80. The third-order valence-electron chi connectivity index (χ3n) is 4.25. The Bertz CT molecular complexity index is 541. The third kappa shape index (κ3) is 2.42. The maximum atomic E-state index is 5.73. The molecule has 0 aromatic heterocycles. The van der Waals surface area contributed by atoms with Crippen molar-refractivity contribution in [2.75, 3.05) is 0 Å². The molecule has 0 radical (unpaired) electrons. The van der Waals surface area contributed by atoms with Gasteiger partial charge in [-0.05, 0) is 34.9 Å². The predicted molar refractivity (Wildman–Crippen MR) is 79.3 cm³/mol. The lowest BCUT2D eigenvalue weighted by Crippen LogP contribution is -2.33. The molecule has 1 atom stereocenters. The number of rotatable bonds is 4. The quantitative estimate of drug-likeness (QED) is 0.644. The smallest absolute Gasteiger partial charge is 0.0513 e. The Kier molecular flexibility index (Phi) is 3.13. The zero-order valence-corrected chi connectivity index (χ0v) is 11.3. The lowest BCUT2D eigenvalue weighted by atomic mass is 9.91. The van der Waals surface area contributed by atoms with E-state index >= 15 is 0 Å². The summed E-state index contributed by atoms with van der Waals surface area (Å²) in [5.41, 5.74) is 7.10. The number of benzene rings is 2. The van der Waals surface area contributed by atoms with Gasteiger partial charge in [0, 0.05) is 0 Å². The maximum Gasteiger partial charge on any atom is 0.0513 e. The van der Waals surface area contributed by atoms with Crippen LogP contribution in [0.5, 0.6) is 0 Å². The van der Waals surface area contributed by atoms with Crippen molar-refractivity contribution in [3.05, 3.63) is 60.2 Å². The zero-order chi connectivity index (χ0) is 13.3. The average Bonchev–Trinajstić information content (AvgIpc) is 3.20. The van der Waals surface area contributed by atoms with E-state index in [9.17, 15) is 0 Å². The molecular formula is C17H20N2. The Morgan fingerprint density at radius 1 is 0.947 bits per heavy atom. The molecule has 1 aliphatic carbocycles. The van der Waals surface area contributed by atoms with Crippen LogP contribution in [0, 0.1) is 5.41 Å². The summed E-state index contributed by atoms with van der Waals surface area (Å²) in [6.45, 7) is 2.29. The molecule has 2 aromatic rings. The summed E-state index contributed by atoms with van der Waals surface area (Å²) in [7, 11) is 0. The molecule has 2 heteroatoms. The molecule has 0 spiro atoms. The van der Waals surface area contributed by atoms with Crippen molar-refractivity contribution in [3.63, 3.8) is 0 Å². The molecule has 98 valence electrons. The average molecular weight is 252 g/mol. The summed E-state index contributed by atoms with van der Waals surface area (Å²) in [5.74, 6) is 5.73. The Morgan fingerprint density at radius 2 is 1.53 bits per heavy atom. The highest BCUT2D eigenvalue weighted by Crippen LogP contribution is 2.54. The normalized spacial score (nSPS) is 18.0. The standard InChI is InChI=1S/C17H20N2/c1-17(11-12-17)16(19-18)15-9-7-14(8-10-15)13-5-3-2-4-6-13/h2-10,16,19H,11-12,18H2,1H3. The summed E-state index contributed by atoms with van der Waals surface area (Å²) in [5, 5.41) is 0. The van der Waals surface area contributed by atoms with E-state index in [1.54, 1.807) is 0 Å². The zero-order valence-electron chi connectivity index (χ0n) is 11.3. The molecule has 1 fully saturated rings. The molecule has 0 amide bonds. The van der Waals surface area contributed by atoms with Crippen LogP contribution in [0.15, 0.2) is 54.6 Å². The van der Waals surface area contributed by atoms with Crippen LogP contribution in [0.2, 0.25) is 0 Å². The van der Waals surface area contributed by atoms with Crippen molar-refractivity contribution in [2.24, 2.45) is 11.3 Å². The van der Waals surface area contributed by atoms with E-state index in [4.69, 9.17) is 5.84 Å². The Labute approximate surface area is 114 Å². The van der Waals surface area contributed by atoms with Crippen molar-refractivity contribution in [1.82, 2.24) is 5.43 Å². The van der Waals surface area contributed by atoms with Gasteiger partial charge in [0.05, 0.1) is 6.04 Å². The number of hydrogen-bond acceptors (Lipinski definition) is 2. The second-order valence-corrected chi connectivity index (χ2v) is 5.74. The molecule has 1 unspecified atom stereocenters. The van der Waals surface area contributed by atoms with Crippen LogP contribution >= 0.6 is 0 Å². The molecule has 3 N–H and O–H groups in total. The van der Waals surface area contributed by atoms with Crippen LogP contribution in [0.4, 0.5) is 0 Å². The molecule has 3 rings (SSSR count). The minimum absolute atomic E-state index is 0.261. The number of nitrogens with two attached hydrogens (primary N) is 1. The number of nitrogens with one attached hydrogen (secondary N) is 1. The SMILES string of the molecule is CC1(C(NN)c2ccc(-c3ccccc3)cc2)CC1. The van der Waals surface area contributed by atoms with Gasteiger partial charge in [-0.2, -0.15) is 0 Å². The van der Waals surface area contributed by atoms with E-state index in [1.807, 2.05) is 6.07 Å². The van der Waals surface area contributed by atoms with E-state index < -0.39 is 0 Å². The van der Waals surface area contributed by atoms with E-state index in [2.05, 4.69) is 60.9 Å². The minimum Gasteiger partial charge on any atom is -0.271 e. The van der Waals surface area contributed by atoms with Crippen molar-refractivity contribution >= 4 is 0 Å². The Morgan fingerprint density at radius 3 is 2.05 bits per heavy atom. The van der Waals surface area contributed by atoms with Crippen LogP contribution in [-0.4, -0.2) is 0 Å². The molecule has 0 aliphatic heterocycles. The summed E-state index contributed by atoms with van der Waals surface area (Å²) in [6, 6.07) is 19.5. The molecule has 2 aromatic carbocycles. The van der Waals surface area contributed by atoms with Gasteiger partial charge in [0.25, 0.3) is 0 Å². The lowest BCUT2D eigenvalue weighted by molar-refractivity contribution is 0.372. The highest BCUT2D eigenvalue weighted by molar-refractivity contribution is 5.63. The van der Waals surface area contributed by atoms with Gasteiger partial charge in [-0.25, -0.2) is 0 Å². The molecule has 1 saturated carbocycles. The lowest BCUT2D eigenvalue weighted by Gasteiger charge is -2.23. The maximum absolute atomic E-state index is 5.73. The summed E-state index contributed by atoms with van der Waals surface area (Å²) < 4.78 is 0. The van der Waals surface area contributed by atoms with Crippen molar-refractivity contribution in [1.29, 1.82) is 0 Å². The van der Waals surface area contributed by atoms with Gasteiger partial charge in [0.2, 0.25) is 0 Å². The van der Waals surface area contributed by atoms with Crippen LogP contribution < -0.4 is 11.3 Å². The number of hydrogen-bond donors (Lipinski definition) is 2. The molecular weight excluding hydrogens is 232 g/mol. The van der Waals surface area contributed by atoms with Gasteiger partial charge in [0.15, 0.2) is 0 Å². The fourth-order valence-corrected chi connectivity index (χ4v) is 2.68. The van der Waals surface area contributed by atoms with Gasteiger partial charge < -0.3 is 0 Å². The highest BCUT2D eigenvalue weighted by atomic mass is 15.2. The van der Waals surface area contributed by atoms with Gasteiger partial charge in [-0.3, -0.25) is 11.3 Å². The topological polar surface area (TPSA) is 38.0 Å². The summed E-state index contributed by atoms with van der Waals surface area (Å²) >= 11 is 0. The van der Waals surface area contributed by atoms with Crippen molar-refractivity contribution in [2.45, 2.75) is 25.8 Å². The molecule has 0 heterocycles. The largest absolute Gasteiger partial charge is 0.271 e. The predicted octanol–water partition coefficient (Wildman–Crippen LogP) is 3.66. The van der Waals surface area contributed by atoms with Crippen molar-refractivity contribution in [3.8, 4) is 11.1 Å². The fraction of sp³-hybridized carbons (Fsp3) is 0.294. The van der Waals surface area contributed by atoms with Gasteiger partial charge >= 0.3 is 0 Å². The number of hydrazine groups is 1. The van der Waals surface area contributed by atoms with E-state index in [0.717, 1.165) is 0 Å². The summed E-state index contributed by atoms with van der Waals surface area (Å²) in [6.07, 6.45) is 2.50. The molecule has 2 nitrogen and oxygen atoms in total. The fourth-order valence-electron chi connectivity index (χ4n) is 2.68. The molecule has 0 bridgehead atoms. The Balaban J connectivity index is 1.87. The van der Waals surface area contributed by atoms with E-state index in [0.29, 0.717) is 5.41 Å². The van der Waals surface area contributed by atoms with E-state index in [-0.39, 0.29) is 6.04 Å². The third-order valence-corrected chi connectivity index (χ3v) is 4.25. The van der Waals surface area contributed by atoms with E-state index in [1.165, 1.54) is 29.5 Å². The first-order valence-corrected chi connectivity index (χ1v) is 6.84. The van der Waals surface area contributed by atoms with Gasteiger partial charge in [0.1, 0.15) is 0 Å². The first kappa shape index (κ1) is 12.4. The second-order valence-electron chi connectivity index (χ2n) is 5.74. The van der Waals surface area contributed by atoms with Crippen LogP contribution in [0.25, 0.3) is 11.1 Å². The van der Waals surface area contributed by atoms with Crippen LogP contribution in [0.1, 0.15) is 31.4 Å². The monoisotopic (exact) mass is 252 g/mol. The first-order valence-electron chi connectivity index (χ1n) is 6.84. The highest BCUT2D eigenvalue weighted by Gasteiger charge is 2.45. The van der Waals surface area contributed by atoms with Gasteiger partial charge in [-0.15, -0.1) is 0 Å². The molecule has 1 aliphatic rings. The first-order chi connectivity index (χ1) is 9.23. The Hall–Kier alpha value is -1.64.